The van der Waals surface area contributed by atoms with Crippen LogP contribution in [0.25, 0.3) is 0 Å². The van der Waals surface area contributed by atoms with Crippen LogP contribution in [0.5, 0.6) is 0 Å². The zero-order chi connectivity index (χ0) is 11.5. The van der Waals surface area contributed by atoms with Gasteiger partial charge in [-0.25, -0.2) is 0 Å². The summed E-state index contributed by atoms with van der Waals surface area (Å²) in [5, 5.41) is 0. The summed E-state index contributed by atoms with van der Waals surface area (Å²) in [5.74, 6) is 0.395. The highest BCUT2D eigenvalue weighted by atomic mass is 16.1. The fourth-order valence-electron chi connectivity index (χ4n) is 1.52. The van der Waals surface area contributed by atoms with E-state index in [0.29, 0.717) is 12.2 Å². The fraction of sp³-hybridized carbons (Fsp3) is 0.786. The lowest BCUT2D eigenvalue weighted by atomic mass is 10.1. The molecule has 0 N–H and O–H groups in total. The van der Waals surface area contributed by atoms with Crippen molar-refractivity contribution in [2.45, 2.75) is 72.1 Å². The molecular weight excluding hydrogens is 184 g/mol. The number of unbranched alkanes of at least 4 members (excludes halogenated alkanes) is 5. The van der Waals surface area contributed by atoms with Crippen LogP contribution in [-0.2, 0) is 4.79 Å². The van der Waals surface area contributed by atoms with Crippen LogP contribution in [0, 0.1) is 0 Å². The van der Waals surface area contributed by atoms with Gasteiger partial charge in [-0.3, -0.25) is 4.79 Å². The molecule has 0 bridgehead atoms. The van der Waals surface area contributed by atoms with Crippen molar-refractivity contribution in [2.75, 3.05) is 0 Å². The molecule has 0 aromatic carbocycles. The predicted molar refractivity (Wildman–Crippen MR) is 67.0 cm³/mol. The quantitative estimate of drug-likeness (QED) is 0.399. The largest absolute Gasteiger partial charge is 0.299 e. The molecule has 0 unspecified atom stereocenters. The number of carbonyl (C=O) groups excluding carboxylic acids is 1. The van der Waals surface area contributed by atoms with E-state index in [9.17, 15) is 4.79 Å². The Kier molecular flexibility index (Phi) is 9.55. The first-order chi connectivity index (χ1) is 7.16. The summed E-state index contributed by atoms with van der Waals surface area (Å²) in [6, 6.07) is 0. The van der Waals surface area contributed by atoms with Crippen molar-refractivity contribution in [2.24, 2.45) is 0 Å². The SMILES string of the molecule is CCCCCCCCC(=O)CC=C(C)C. The van der Waals surface area contributed by atoms with Gasteiger partial charge in [0.1, 0.15) is 5.78 Å². The Bertz CT molecular complexity index is 188. The van der Waals surface area contributed by atoms with E-state index in [1.807, 2.05) is 19.9 Å². The normalized spacial score (nSPS) is 10.1. The molecular formula is C14H26O. The molecule has 0 saturated heterocycles. The van der Waals surface area contributed by atoms with Crippen molar-refractivity contribution >= 4 is 5.78 Å². The van der Waals surface area contributed by atoms with E-state index in [1.165, 1.54) is 37.7 Å². The van der Waals surface area contributed by atoms with E-state index in [0.717, 1.165) is 12.8 Å². The highest BCUT2D eigenvalue weighted by Gasteiger charge is 1.99. The third kappa shape index (κ3) is 11.3. The molecule has 0 aromatic rings. The Morgan fingerprint density at radius 2 is 1.60 bits per heavy atom. The third-order valence-electron chi connectivity index (χ3n) is 2.55. The van der Waals surface area contributed by atoms with Gasteiger partial charge < -0.3 is 0 Å². The standard InChI is InChI=1S/C14H26O/c1-4-5-6-7-8-9-10-14(15)12-11-13(2)3/h11H,4-10,12H2,1-3H3. The molecule has 0 aliphatic rings. The van der Waals surface area contributed by atoms with Crippen molar-refractivity contribution in [3.63, 3.8) is 0 Å². The van der Waals surface area contributed by atoms with E-state index >= 15 is 0 Å². The maximum atomic E-state index is 11.4. The summed E-state index contributed by atoms with van der Waals surface area (Å²) in [6.45, 7) is 6.30. The minimum Gasteiger partial charge on any atom is -0.299 e. The van der Waals surface area contributed by atoms with E-state index in [1.54, 1.807) is 0 Å². The molecule has 88 valence electrons. The van der Waals surface area contributed by atoms with Crippen LogP contribution in [0.4, 0.5) is 0 Å². The van der Waals surface area contributed by atoms with E-state index in [4.69, 9.17) is 0 Å². The molecule has 0 saturated carbocycles. The lowest BCUT2D eigenvalue weighted by molar-refractivity contribution is -0.118. The molecule has 1 nitrogen and oxygen atoms in total. The Morgan fingerprint density at radius 3 is 2.20 bits per heavy atom. The monoisotopic (exact) mass is 210 g/mol. The summed E-state index contributed by atoms with van der Waals surface area (Å²) in [4.78, 5) is 11.4. The Balaban J connectivity index is 3.28. The number of rotatable bonds is 9. The Morgan fingerprint density at radius 1 is 1.00 bits per heavy atom. The molecule has 0 amide bonds. The summed E-state index contributed by atoms with van der Waals surface area (Å²) in [7, 11) is 0. The van der Waals surface area contributed by atoms with Crippen LogP contribution >= 0.6 is 0 Å². The average molecular weight is 210 g/mol. The van der Waals surface area contributed by atoms with Gasteiger partial charge in [-0.15, -0.1) is 0 Å². The van der Waals surface area contributed by atoms with Crippen molar-refractivity contribution in [1.82, 2.24) is 0 Å². The number of hydrogen-bond acceptors (Lipinski definition) is 1. The van der Waals surface area contributed by atoms with Gasteiger partial charge in [0.2, 0.25) is 0 Å². The lowest BCUT2D eigenvalue weighted by Gasteiger charge is -1.99. The first-order valence-electron chi connectivity index (χ1n) is 6.32. The molecule has 0 radical (unpaired) electrons. The smallest absolute Gasteiger partial charge is 0.136 e. The number of ketones is 1. The third-order valence-corrected chi connectivity index (χ3v) is 2.55. The van der Waals surface area contributed by atoms with Crippen molar-refractivity contribution in [3.8, 4) is 0 Å². The number of hydrogen-bond donors (Lipinski definition) is 0. The highest BCUT2D eigenvalue weighted by molar-refractivity contribution is 5.79. The van der Waals surface area contributed by atoms with Gasteiger partial charge in [-0.2, -0.15) is 0 Å². The van der Waals surface area contributed by atoms with E-state index < -0.39 is 0 Å². The molecule has 1 heteroatoms. The minimum absolute atomic E-state index is 0.395. The number of allylic oxidation sites excluding steroid dienone is 2. The first-order valence-corrected chi connectivity index (χ1v) is 6.32. The van der Waals surface area contributed by atoms with Gasteiger partial charge in [0.25, 0.3) is 0 Å². The van der Waals surface area contributed by atoms with Crippen LogP contribution in [0.3, 0.4) is 0 Å². The zero-order valence-electron chi connectivity index (χ0n) is 10.6. The second-order valence-corrected chi connectivity index (χ2v) is 4.54. The van der Waals surface area contributed by atoms with Gasteiger partial charge in [0.15, 0.2) is 0 Å². The van der Waals surface area contributed by atoms with E-state index in [2.05, 4.69) is 6.92 Å². The Hall–Kier alpha value is -0.590. The summed E-state index contributed by atoms with van der Waals surface area (Å²) in [6.07, 6.45) is 11.0. The molecule has 15 heavy (non-hydrogen) atoms. The summed E-state index contributed by atoms with van der Waals surface area (Å²) < 4.78 is 0. The highest BCUT2D eigenvalue weighted by Crippen LogP contribution is 2.08. The number of Topliss-reactive ketones (excluding diaryl/α,β-unsaturated/α-hetero) is 1. The zero-order valence-corrected chi connectivity index (χ0v) is 10.6. The van der Waals surface area contributed by atoms with E-state index in [-0.39, 0.29) is 0 Å². The van der Waals surface area contributed by atoms with Crippen LogP contribution in [-0.4, -0.2) is 5.78 Å². The van der Waals surface area contributed by atoms with Crippen LogP contribution in [0.2, 0.25) is 0 Å². The molecule has 0 rings (SSSR count). The molecule has 0 atom stereocenters. The van der Waals surface area contributed by atoms with Gasteiger partial charge in [0, 0.05) is 12.8 Å². The fourth-order valence-corrected chi connectivity index (χ4v) is 1.52. The molecule has 0 fully saturated rings. The maximum absolute atomic E-state index is 11.4. The molecule has 0 heterocycles. The van der Waals surface area contributed by atoms with Gasteiger partial charge in [0.05, 0.1) is 0 Å². The lowest BCUT2D eigenvalue weighted by Crippen LogP contribution is -1.95. The molecule has 0 aromatic heterocycles. The van der Waals surface area contributed by atoms with Crippen molar-refractivity contribution < 1.29 is 4.79 Å². The summed E-state index contributed by atoms with van der Waals surface area (Å²) in [5.41, 5.74) is 1.24. The minimum atomic E-state index is 0.395. The van der Waals surface area contributed by atoms with Crippen LogP contribution in [0.1, 0.15) is 72.1 Å². The maximum Gasteiger partial charge on any atom is 0.136 e. The second-order valence-electron chi connectivity index (χ2n) is 4.54. The first kappa shape index (κ1) is 14.4. The van der Waals surface area contributed by atoms with Crippen LogP contribution < -0.4 is 0 Å². The van der Waals surface area contributed by atoms with Crippen molar-refractivity contribution in [3.05, 3.63) is 11.6 Å². The second kappa shape index (κ2) is 9.95. The van der Waals surface area contributed by atoms with Gasteiger partial charge >= 0.3 is 0 Å². The molecule has 0 spiro atoms. The molecule has 0 aliphatic heterocycles. The average Bonchev–Trinajstić information content (AvgIpc) is 2.20. The van der Waals surface area contributed by atoms with Gasteiger partial charge in [-0.1, -0.05) is 50.7 Å². The van der Waals surface area contributed by atoms with Crippen molar-refractivity contribution in [1.29, 1.82) is 0 Å². The number of carbonyl (C=O) groups is 1. The molecule has 0 aliphatic carbocycles. The predicted octanol–water partition coefficient (Wildman–Crippen LogP) is 4.66. The topological polar surface area (TPSA) is 17.1 Å². The Labute approximate surface area is 95.0 Å². The summed E-state index contributed by atoms with van der Waals surface area (Å²) >= 11 is 0. The van der Waals surface area contributed by atoms with Gasteiger partial charge in [-0.05, 0) is 20.3 Å². The van der Waals surface area contributed by atoms with Crippen LogP contribution in [0.15, 0.2) is 11.6 Å².